The Morgan fingerprint density at radius 1 is 1.19 bits per heavy atom. The number of benzene rings is 2. The van der Waals surface area contributed by atoms with Crippen molar-refractivity contribution in [1.82, 2.24) is 4.57 Å². The third-order valence-corrected chi connectivity index (χ3v) is 5.78. The van der Waals surface area contributed by atoms with E-state index in [1.54, 1.807) is 6.92 Å². The highest BCUT2D eigenvalue weighted by molar-refractivity contribution is 7.90. The molecule has 0 saturated heterocycles. The summed E-state index contributed by atoms with van der Waals surface area (Å²) in [6.45, 7) is 2.13. The normalized spacial score (nSPS) is 12.0. The van der Waals surface area contributed by atoms with Crippen LogP contribution in [0.25, 0.3) is 11.1 Å². The fourth-order valence-corrected chi connectivity index (χ4v) is 4.08. The number of nitrogens with zero attached hydrogens (tertiary/aromatic N) is 1. The van der Waals surface area contributed by atoms with E-state index >= 15 is 0 Å². The minimum Gasteiger partial charge on any atom is -0.408 e. The first-order chi connectivity index (χ1) is 12.3. The third-order valence-electron chi connectivity index (χ3n) is 4.10. The molecule has 0 aliphatic rings. The molecule has 2 aromatic carbocycles. The summed E-state index contributed by atoms with van der Waals surface area (Å²) in [7, 11) is -2.17. The van der Waals surface area contributed by atoms with Crippen molar-refractivity contribution in [3.05, 3.63) is 63.9 Å². The third kappa shape index (κ3) is 3.56. The summed E-state index contributed by atoms with van der Waals surface area (Å²) in [4.78, 5) is 12.0. The van der Waals surface area contributed by atoms with Crippen molar-refractivity contribution < 1.29 is 22.0 Å². The number of aryl methyl sites for hydroxylation is 1. The Morgan fingerprint density at radius 3 is 2.65 bits per heavy atom. The number of rotatable bonds is 6. The highest BCUT2D eigenvalue weighted by Gasteiger charge is 2.19. The molecule has 0 aliphatic carbocycles. The number of hydrogen-bond acceptors (Lipinski definition) is 5. The lowest BCUT2D eigenvalue weighted by Gasteiger charge is -2.07. The van der Waals surface area contributed by atoms with Crippen molar-refractivity contribution in [3.63, 3.8) is 0 Å². The molecule has 0 spiro atoms. The van der Waals surface area contributed by atoms with E-state index in [9.17, 15) is 17.6 Å². The summed E-state index contributed by atoms with van der Waals surface area (Å²) in [5.74, 6) is -1.21. The van der Waals surface area contributed by atoms with Crippen LogP contribution in [0.3, 0.4) is 0 Å². The summed E-state index contributed by atoms with van der Waals surface area (Å²) in [5.41, 5.74) is 1.58. The van der Waals surface area contributed by atoms with Gasteiger partial charge < -0.3 is 9.15 Å². The summed E-state index contributed by atoms with van der Waals surface area (Å²) in [6.07, 6.45) is 0. The first-order valence-corrected chi connectivity index (χ1v) is 9.57. The zero-order chi connectivity index (χ0) is 18.9. The van der Waals surface area contributed by atoms with E-state index in [-0.39, 0.29) is 23.0 Å². The van der Waals surface area contributed by atoms with E-state index in [1.165, 1.54) is 48.1 Å². The number of oxazole rings is 1. The highest BCUT2D eigenvalue weighted by Crippen LogP contribution is 2.22. The summed E-state index contributed by atoms with van der Waals surface area (Å²) in [6, 6.07) is 8.49. The Hall–Kier alpha value is -2.45. The van der Waals surface area contributed by atoms with Gasteiger partial charge in [-0.05, 0) is 42.3 Å². The van der Waals surface area contributed by atoms with Crippen molar-refractivity contribution in [1.29, 1.82) is 0 Å². The van der Waals surface area contributed by atoms with Gasteiger partial charge in [0.1, 0.15) is 5.82 Å². The monoisotopic (exact) mass is 379 g/mol. The Kier molecular flexibility index (Phi) is 4.97. The van der Waals surface area contributed by atoms with Crippen LogP contribution in [0, 0.1) is 12.7 Å². The maximum absolute atomic E-state index is 13.4. The molecule has 138 valence electrons. The van der Waals surface area contributed by atoms with E-state index in [0.717, 1.165) is 0 Å². The second kappa shape index (κ2) is 7.05. The lowest BCUT2D eigenvalue weighted by molar-refractivity contribution is 0.186. The molecule has 0 fully saturated rings. The van der Waals surface area contributed by atoms with Crippen LogP contribution in [-0.2, 0) is 26.9 Å². The van der Waals surface area contributed by atoms with Gasteiger partial charge in [0.05, 0.1) is 29.3 Å². The number of ether oxygens (including phenoxy) is 1. The average Bonchev–Trinajstić information content (AvgIpc) is 2.90. The van der Waals surface area contributed by atoms with Gasteiger partial charge in [-0.25, -0.2) is 17.6 Å². The minimum atomic E-state index is -3.67. The van der Waals surface area contributed by atoms with Crippen LogP contribution in [0.2, 0.25) is 0 Å². The first-order valence-electron chi connectivity index (χ1n) is 7.92. The topological polar surface area (TPSA) is 78.5 Å². The van der Waals surface area contributed by atoms with Crippen molar-refractivity contribution in [2.75, 3.05) is 13.7 Å². The molecule has 0 atom stereocenters. The SMILES string of the molecule is COCCn1c(=O)oc2ccc(S(=O)(=O)Cc3ccc(F)c(C)c3)cc21. The summed E-state index contributed by atoms with van der Waals surface area (Å²) in [5, 5.41) is 0. The standard InChI is InChI=1S/C18H18FNO5S/c1-12-9-13(3-5-15(12)19)11-26(22,23)14-4-6-17-16(10-14)20(7-8-24-2)18(21)25-17/h3-6,9-10H,7-8,11H2,1-2H3. The number of methoxy groups -OCH3 is 1. The lowest BCUT2D eigenvalue weighted by atomic mass is 10.1. The van der Waals surface area contributed by atoms with Crippen LogP contribution < -0.4 is 5.76 Å². The number of halogens is 1. The molecule has 0 radical (unpaired) electrons. The molecule has 26 heavy (non-hydrogen) atoms. The van der Waals surface area contributed by atoms with E-state index in [4.69, 9.17) is 9.15 Å². The van der Waals surface area contributed by atoms with Crippen LogP contribution in [0.4, 0.5) is 4.39 Å². The molecule has 0 saturated carbocycles. The molecule has 1 aromatic heterocycles. The van der Waals surface area contributed by atoms with Gasteiger partial charge in [0, 0.05) is 7.11 Å². The van der Waals surface area contributed by atoms with E-state index in [0.29, 0.717) is 28.8 Å². The van der Waals surface area contributed by atoms with Crippen molar-refractivity contribution in [2.45, 2.75) is 24.1 Å². The van der Waals surface area contributed by atoms with Crippen molar-refractivity contribution >= 4 is 20.9 Å². The first kappa shape index (κ1) is 18.3. The van der Waals surface area contributed by atoms with E-state index in [1.807, 2.05) is 0 Å². The smallest absolute Gasteiger partial charge is 0.408 e. The quantitative estimate of drug-likeness (QED) is 0.658. The van der Waals surface area contributed by atoms with Gasteiger partial charge in [-0.15, -0.1) is 0 Å². The molecule has 3 aromatic rings. The Balaban J connectivity index is 2.00. The second-order valence-corrected chi connectivity index (χ2v) is 7.97. The maximum Gasteiger partial charge on any atom is 0.420 e. The molecule has 0 amide bonds. The van der Waals surface area contributed by atoms with Crippen LogP contribution >= 0.6 is 0 Å². The lowest BCUT2D eigenvalue weighted by Crippen LogP contribution is -2.17. The predicted molar refractivity (Wildman–Crippen MR) is 94.4 cm³/mol. The minimum absolute atomic E-state index is 0.0685. The second-order valence-electron chi connectivity index (χ2n) is 5.98. The van der Waals surface area contributed by atoms with Gasteiger partial charge >= 0.3 is 5.76 Å². The Labute approximate surface area is 149 Å². The van der Waals surface area contributed by atoms with Gasteiger partial charge in [0.25, 0.3) is 0 Å². The van der Waals surface area contributed by atoms with Gasteiger partial charge in [-0.1, -0.05) is 12.1 Å². The van der Waals surface area contributed by atoms with E-state index < -0.39 is 15.6 Å². The van der Waals surface area contributed by atoms with Crippen LogP contribution in [0.5, 0.6) is 0 Å². The van der Waals surface area contributed by atoms with Gasteiger partial charge in [0.2, 0.25) is 0 Å². The largest absolute Gasteiger partial charge is 0.420 e. The zero-order valence-corrected chi connectivity index (χ0v) is 15.2. The van der Waals surface area contributed by atoms with Crippen molar-refractivity contribution in [2.24, 2.45) is 0 Å². The molecule has 0 aliphatic heterocycles. The average molecular weight is 379 g/mol. The van der Waals surface area contributed by atoms with Gasteiger partial charge in [0.15, 0.2) is 15.4 Å². The highest BCUT2D eigenvalue weighted by atomic mass is 32.2. The van der Waals surface area contributed by atoms with Gasteiger partial charge in [-0.3, -0.25) is 4.57 Å². The van der Waals surface area contributed by atoms with Crippen LogP contribution in [-0.4, -0.2) is 26.7 Å². The molecule has 6 nitrogen and oxygen atoms in total. The number of aromatic nitrogens is 1. The Morgan fingerprint density at radius 2 is 1.96 bits per heavy atom. The van der Waals surface area contributed by atoms with Crippen molar-refractivity contribution in [3.8, 4) is 0 Å². The molecule has 0 bridgehead atoms. The summed E-state index contributed by atoms with van der Waals surface area (Å²) >= 11 is 0. The predicted octanol–water partition coefficient (Wildman–Crippen LogP) is 2.66. The number of fused-ring (bicyclic) bond motifs is 1. The molecule has 8 heteroatoms. The molecular formula is C18H18FNO5S. The summed E-state index contributed by atoms with van der Waals surface area (Å²) < 4.78 is 50.3. The van der Waals surface area contributed by atoms with Crippen LogP contribution in [0.15, 0.2) is 50.5 Å². The molecular weight excluding hydrogens is 361 g/mol. The maximum atomic E-state index is 13.4. The Bertz CT molecular complexity index is 1110. The fourth-order valence-electron chi connectivity index (χ4n) is 2.73. The molecule has 3 rings (SSSR count). The van der Waals surface area contributed by atoms with Crippen LogP contribution in [0.1, 0.15) is 11.1 Å². The zero-order valence-electron chi connectivity index (χ0n) is 14.4. The fraction of sp³-hybridized carbons (Fsp3) is 0.278. The number of sulfone groups is 1. The number of hydrogen-bond donors (Lipinski definition) is 0. The van der Waals surface area contributed by atoms with Gasteiger partial charge in [-0.2, -0.15) is 0 Å². The molecule has 1 heterocycles. The molecule has 0 N–H and O–H groups in total. The van der Waals surface area contributed by atoms with E-state index in [2.05, 4.69) is 0 Å². The molecule has 0 unspecified atom stereocenters.